The molecule has 2 saturated heterocycles. The fourth-order valence-corrected chi connectivity index (χ4v) is 5.33. The highest BCUT2D eigenvalue weighted by molar-refractivity contribution is 6.02. The lowest BCUT2D eigenvalue weighted by Gasteiger charge is -2.26. The predicted octanol–water partition coefficient (Wildman–Crippen LogP) is 5.54. The summed E-state index contributed by atoms with van der Waals surface area (Å²) in [6.45, 7) is 2.15. The van der Waals surface area contributed by atoms with Gasteiger partial charge in [0.05, 0.1) is 11.2 Å². The molecule has 3 aromatic carbocycles. The van der Waals surface area contributed by atoms with Crippen LogP contribution in [0.5, 0.6) is 0 Å². The predicted molar refractivity (Wildman–Crippen MR) is 151 cm³/mol. The number of nitrogens with one attached hydrogen (secondary N) is 2. The summed E-state index contributed by atoms with van der Waals surface area (Å²) in [7, 11) is 0. The van der Waals surface area contributed by atoms with Gasteiger partial charge in [0.15, 0.2) is 0 Å². The van der Waals surface area contributed by atoms with Gasteiger partial charge < -0.3 is 10.2 Å². The Bertz CT molecular complexity index is 1530. The first-order valence-electron chi connectivity index (χ1n) is 13.2. The van der Waals surface area contributed by atoms with E-state index in [1.54, 1.807) is 0 Å². The first kappa shape index (κ1) is 23.9. The number of aromatic nitrogens is 2. The fourth-order valence-electron chi connectivity index (χ4n) is 5.33. The number of fused-ring (bicyclic) bond motifs is 1. The second-order valence-corrected chi connectivity index (χ2v) is 10.0. The van der Waals surface area contributed by atoms with Gasteiger partial charge in [-0.1, -0.05) is 66.7 Å². The third kappa shape index (κ3) is 5.02. The molecule has 2 aliphatic rings. The topological polar surface area (TPSA) is 78.1 Å². The maximum absolute atomic E-state index is 12.6. The minimum absolute atomic E-state index is 0.0132. The molecule has 3 heterocycles. The van der Waals surface area contributed by atoms with E-state index in [0.717, 1.165) is 63.8 Å². The van der Waals surface area contributed by atoms with E-state index in [1.807, 2.05) is 53.5 Å². The zero-order chi connectivity index (χ0) is 25.9. The molecule has 0 bridgehead atoms. The van der Waals surface area contributed by atoms with E-state index in [-0.39, 0.29) is 17.7 Å². The number of nitrogens with zero attached hydrogens (tertiary/aromatic N) is 2. The Morgan fingerprint density at radius 2 is 1.74 bits per heavy atom. The van der Waals surface area contributed by atoms with Gasteiger partial charge in [-0.3, -0.25) is 14.7 Å². The molecule has 2 N–H and O–H groups in total. The third-order valence-electron chi connectivity index (χ3n) is 7.45. The molecule has 6 heteroatoms. The summed E-state index contributed by atoms with van der Waals surface area (Å²) in [5.74, 6) is 0.291. The maximum atomic E-state index is 12.6. The maximum Gasteiger partial charge on any atom is 0.247 e. The third-order valence-corrected chi connectivity index (χ3v) is 7.45. The van der Waals surface area contributed by atoms with Gasteiger partial charge >= 0.3 is 0 Å². The van der Waals surface area contributed by atoms with Crippen molar-refractivity contribution >= 4 is 40.9 Å². The molecule has 0 spiro atoms. The number of carbonyl (C=O) groups is 2. The molecule has 4 aromatic rings. The van der Waals surface area contributed by atoms with Crippen molar-refractivity contribution < 1.29 is 9.59 Å². The van der Waals surface area contributed by atoms with Gasteiger partial charge in [0, 0.05) is 42.9 Å². The van der Waals surface area contributed by atoms with E-state index in [4.69, 9.17) is 0 Å². The van der Waals surface area contributed by atoms with Crippen LogP contribution in [-0.2, 0) is 16.1 Å². The smallest absolute Gasteiger partial charge is 0.247 e. The van der Waals surface area contributed by atoms with E-state index in [1.165, 1.54) is 0 Å². The van der Waals surface area contributed by atoms with Crippen molar-refractivity contribution in [2.24, 2.45) is 0 Å². The quantitative estimate of drug-likeness (QED) is 0.340. The van der Waals surface area contributed by atoms with Crippen LogP contribution in [0.1, 0.15) is 53.1 Å². The zero-order valence-corrected chi connectivity index (χ0v) is 21.2. The SMILES string of the molecule is O=C1NCC(c2ccccc2)/C1=C\c1ccc2c(/C=C/c3ccc(CN4CCCCC4=O)cc3)n[nH]c2c1. The Labute approximate surface area is 222 Å². The second kappa shape index (κ2) is 10.5. The lowest BCUT2D eigenvalue weighted by atomic mass is 9.92. The monoisotopic (exact) mass is 502 g/mol. The Balaban J connectivity index is 1.17. The van der Waals surface area contributed by atoms with Gasteiger partial charge in [-0.25, -0.2) is 0 Å². The Morgan fingerprint density at radius 3 is 2.55 bits per heavy atom. The van der Waals surface area contributed by atoms with Gasteiger partial charge in [-0.2, -0.15) is 5.10 Å². The van der Waals surface area contributed by atoms with E-state index >= 15 is 0 Å². The van der Waals surface area contributed by atoms with E-state index in [2.05, 4.69) is 58.0 Å². The molecule has 6 nitrogen and oxygen atoms in total. The summed E-state index contributed by atoms with van der Waals surface area (Å²) in [6, 6.07) is 24.6. The summed E-state index contributed by atoms with van der Waals surface area (Å²) < 4.78 is 0. The summed E-state index contributed by atoms with van der Waals surface area (Å²) in [6.07, 6.45) is 8.80. The highest BCUT2D eigenvalue weighted by Gasteiger charge is 2.29. The standard InChI is InChI=1S/C32H30N4O2/c37-31-8-4-5-17-36(31)21-23-11-9-22(10-12-23)14-16-29-26-15-13-24(19-30(26)35-34-29)18-27-28(20-33-32(27)38)25-6-2-1-3-7-25/h1-3,6-7,9-16,18-19,28H,4-5,8,17,20-21H2,(H,33,38)(H,34,35)/b16-14+,27-18+. The van der Waals surface area contributed by atoms with Crippen molar-refractivity contribution in [1.82, 2.24) is 20.4 Å². The largest absolute Gasteiger partial charge is 0.351 e. The van der Waals surface area contributed by atoms with Crippen molar-refractivity contribution in [3.63, 3.8) is 0 Å². The average molecular weight is 503 g/mol. The van der Waals surface area contributed by atoms with E-state index < -0.39 is 0 Å². The van der Waals surface area contributed by atoms with Gasteiger partial charge in [0.25, 0.3) is 0 Å². The van der Waals surface area contributed by atoms with Crippen LogP contribution in [0.4, 0.5) is 0 Å². The fraction of sp³-hybridized carbons (Fsp3) is 0.219. The Kier molecular flexibility index (Phi) is 6.61. The number of carbonyl (C=O) groups excluding carboxylic acids is 2. The van der Waals surface area contributed by atoms with E-state index in [0.29, 0.717) is 19.5 Å². The number of likely N-dealkylation sites (tertiary alicyclic amines) is 1. The van der Waals surface area contributed by atoms with Crippen molar-refractivity contribution in [3.05, 3.63) is 106 Å². The molecule has 38 heavy (non-hydrogen) atoms. The lowest BCUT2D eigenvalue weighted by molar-refractivity contribution is -0.133. The molecular weight excluding hydrogens is 472 g/mol. The van der Waals surface area contributed by atoms with Crippen LogP contribution in [0.15, 0.2) is 78.4 Å². The number of aromatic amines is 1. The molecule has 0 saturated carbocycles. The highest BCUT2D eigenvalue weighted by atomic mass is 16.2. The lowest BCUT2D eigenvalue weighted by Crippen LogP contribution is -2.34. The Hall–Kier alpha value is -4.45. The minimum Gasteiger partial charge on any atom is -0.351 e. The highest BCUT2D eigenvalue weighted by Crippen LogP contribution is 2.30. The number of amides is 2. The zero-order valence-electron chi connectivity index (χ0n) is 21.2. The van der Waals surface area contributed by atoms with Crippen LogP contribution in [0.25, 0.3) is 29.1 Å². The first-order valence-corrected chi connectivity index (χ1v) is 13.2. The molecule has 2 fully saturated rings. The normalized spacial score (nSPS) is 19.1. The summed E-state index contributed by atoms with van der Waals surface area (Å²) in [4.78, 5) is 26.6. The molecule has 2 aliphatic heterocycles. The number of rotatable bonds is 6. The summed E-state index contributed by atoms with van der Waals surface area (Å²) in [5, 5.41) is 11.7. The van der Waals surface area contributed by atoms with Crippen LogP contribution in [0.2, 0.25) is 0 Å². The molecular formula is C32H30N4O2. The number of benzene rings is 3. The molecule has 6 rings (SSSR count). The second-order valence-electron chi connectivity index (χ2n) is 10.0. The van der Waals surface area contributed by atoms with Crippen LogP contribution in [-0.4, -0.2) is 40.0 Å². The summed E-state index contributed by atoms with van der Waals surface area (Å²) >= 11 is 0. The van der Waals surface area contributed by atoms with E-state index in [9.17, 15) is 9.59 Å². The molecule has 1 unspecified atom stereocenters. The van der Waals surface area contributed by atoms with Crippen molar-refractivity contribution in [2.45, 2.75) is 31.7 Å². The molecule has 0 aliphatic carbocycles. The number of hydrogen-bond acceptors (Lipinski definition) is 3. The molecule has 2 amide bonds. The minimum atomic E-state index is -0.0132. The van der Waals surface area contributed by atoms with Gasteiger partial charge in [0.1, 0.15) is 0 Å². The first-order chi connectivity index (χ1) is 18.6. The van der Waals surface area contributed by atoms with Crippen LogP contribution in [0.3, 0.4) is 0 Å². The summed E-state index contributed by atoms with van der Waals surface area (Å²) in [5.41, 5.74) is 6.90. The molecule has 190 valence electrons. The van der Waals surface area contributed by atoms with Gasteiger partial charge in [0.2, 0.25) is 11.8 Å². The molecule has 1 aromatic heterocycles. The van der Waals surface area contributed by atoms with Crippen LogP contribution >= 0.6 is 0 Å². The van der Waals surface area contributed by atoms with Crippen molar-refractivity contribution in [2.75, 3.05) is 13.1 Å². The number of H-pyrrole nitrogens is 1. The number of piperidine rings is 1. The van der Waals surface area contributed by atoms with Gasteiger partial charge in [-0.15, -0.1) is 0 Å². The van der Waals surface area contributed by atoms with Gasteiger partial charge in [-0.05, 0) is 59.4 Å². The molecule has 0 radical (unpaired) electrons. The van der Waals surface area contributed by atoms with Crippen LogP contribution < -0.4 is 5.32 Å². The Morgan fingerprint density at radius 1 is 0.921 bits per heavy atom. The molecule has 1 atom stereocenters. The van der Waals surface area contributed by atoms with Crippen molar-refractivity contribution in [1.29, 1.82) is 0 Å². The number of hydrogen-bond donors (Lipinski definition) is 2. The average Bonchev–Trinajstić information content (AvgIpc) is 3.52. The van der Waals surface area contributed by atoms with Crippen LogP contribution in [0, 0.1) is 0 Å². The van der Waals surface area contributed by atoms with Crippen molar-refractivity contribution in [3.8, 4) is 0 Å².